The normalized spacial score (nSPS) is 25.1. The van der Waals surface area contributed by atoms with Crippen molar-refractivity contribution in [1.29, 1.82) is 0 Å². The maximum atomic E-state index is 11.9. The predicted molar refractivity (Wildman–Crippen MR) is 72.2 cm³/mol. The van der Waals surface area contributed by atoms with Gasteiger partial charge in [0.1, 0.15) is 6.61 Å². The molecule has 6 nitrogen and oxygen atoms in total. The van der Waals surface area contributed by atoms with Crippen LogP contribution in [0.15, 0.2) is 11.5 Å². The summed E-state index contributed by atoms with van der Waals surface area (Å²) < 4.78 is 29.2. The van der Waals surface area contributed by atoms with Crippen molar-refractivity contribution in [2.75, 3.05) is 12.4 Å². The Balaban J connectivity index is 2.19. The van der Waals surface area contributed by atoms with Crippen LogP contribution in [0.5, 0.6) is 0 Å². The van der Waals surface area contributed by atoms with E-state index in [0.717, 1.165) is 4.90 Å². The monoisotopic (exact) mass is 301 g/mol. The van der Waals surface area contributed by atoms with Crippen LogP contribution in [-0.2, 0) is 24.2 Å². The van der Waals surface area contributed by atoms with E-state index in [1.165, 1.54) is 0 Å². The number of hydrogen-bond acceptors (Lipinski definition) is 5. The van der Waals surface area contributed by atoms with Crippen LogP contribution >= 0.6 is 0 Å². The standard InChI is InChI=1S/C13H19NO5S/c1-8-7-20(17,18)11-5-10(16)14(11)12(8)19-6-9(15)13(2,3)4/h11H,5-7H2,1-4H3/t11-/m1/s1. The number of rotatable bonds is 3. The summed E-state index contributed by atoms with van der Waals surface area (Å²) in [7, 11) is -3.32. The Morgan fingerprint density at radius 3 is 2.50 bits per heavy atom. The summed E-state index contributed by atoms with van der Waals surface area (Å²) in [5, 5.41) is -0.821. The number of ketones is 1. The maximum Gasteiger partial charge on any atom is 0.233 e. The number of β-lactam (4-membered cyclic amide) rings is 1. The maximum absolute atomic E-state index is 11.9. The van der Waals surface area contributed by atoms with Crippen LogP contribution in [0.1, 0.15) is 34.1 Å². The van der Waals surface area contributed by atoms with Gasteiger partial charge in [0.2, 0.25) is 5.91 Å². The van der Waals surface area contributed by atoms with E-state index in [-0.39, 0.29) is 36.4 Å². The van der Waals surface area contributed by atoms with Gasteiger partial charge in [0.05, 0.1) is 12.2 Å². The number of nitrogens with zero attached hydrogens (tertiary/aromatic N) is 1. The first-order valence-corrected chi connectivity index (χ1v) is 8.15. The Labute approximate surface area is 118 Å². The average Bonchev–Trinajstić information content (AvgIpc) is 2.27. The van der Waals surface area contributed by atoms with Crippen molar-refractivity contribution >= 4 is 21.5 Å². The first kappa shape index (κ1) is 15.0. The number of amides is 1. The molecule has 2 aliphatic rings. The number of hydrogen-bond donors (Lipinski definition) is 0. The van der Waals surface area contributed by atoms with Crippen molar-refractivity contribution in [2.45, 2.75) is 39.5 Å². The smallest absolute Gasteiger partial charge is 0.233 e. The van der Waals surface area contributed by atoms with Crippen LogP contribution in [0.4, 0.5) is 0 Å². The lowest BCUT2D eigenvalue weighted by atomic mass is 9.91. The van der Waals surface area contributed by atoms with Gasteiger partial charge in [-0.1, -0.05) is 20.8 Å². The van der Waals surface area contributed by atoms with Gasteiger partial charge in [-0.05, 0) is 6.92 Å². The van der Waals surface area contributed by atoms with E-state index in [9.17, 15) is 18.0 Å². The molecule has 0 aromatic heterocycles. The molecule has 0 aromatic rings. The summed E-state index contributed by atoms with van der Waals surface area (Å²) >= 11 is 0. The molecule has 0 unspecified atom stereocenters. The zero-order valence-electron chi connectivity index (χ0n) is 12.1. The lowest BCUT2D eigenvalue weighted by molar-refractivity contribution is -0.145. The van der Waals surface area contributed by atoms with Crippen LogP contribution in [0, 0.1) is 5.41 Å². The third kappa shape index (κ3) is 2.46. The average molecular weight is 301 g/mol. The fraction of sp³-hybridized carbons (Fsp3) is 0.692. The summed E-state index contributed by atoms with van der Waals surface area (Å²) in [5.41, 5.74) is -0.0656. The molecular formula is C13H19NO5S. The van der Waals surface area contributed by atoms with Gasteiger partial charge >= 0.3 is 0 Å². The van der Waals surface area contributed by atoms with E-state index in [4.69, 9.17) is 4.74 Å². The van der Waals surface area contributed by atoms with Crippen molar-refractivity contribution < 1.29 is 22.7 Å². The molecule has 7 heteroatoms. The zero-order valence-corrected chi connectivity index (χ0v) is 12.9. The molecule has 0 aromatic carbocycles. The summed E-state index contributed by atoms with van der Waals surface area (Å²) in [6.07, 6.45) is -0.00428. The molecule has 1 saturated heterocycles. The van der Waals surface area contributed by atoms with Crippen LogP contribution in [0.25, 0.3) is 0 Å². The van der Waals surface area contributed by atoms with Gasteiger partial charge in [0.15, 0.2) is 26.9 Å². The van der Waals surface area contributed by atoms with Gasteiger partial charge in [0.25, 0.3) is 0 Å². The minimum absolute atomic E-state index is 0.00428. The molecule has 112 valence electrons. The van der Waals surface area contributed by atoms with Crippen LogP contribution in [-0.4, -0.2) is 42.7 Å². The lowest BCUT2D eigenvalue weighted by Gasteiger charge is -2.43. The highest BCUT2D eigenvalue weighted by atomic mass is 32.2. The van der Waals surface area contributed by atoms with E-state index in [2.05, 4.69) is 0 Å². The van der Waals surface area contributed by atoms with Crippen molar-refractivity contribution in [3.05, 3.63) is 11.5 Å². The molecule has 1 amide bonds. The Bertz CT molecular complexity index is 597. The molecule has 2 heterocycles. The third-order valence-corrected chi connectivity index (χ3v) is 5.54. The predicted octanol–water partition coefficient (Wildman–Crippen LogP) is 0.837. The summed E-state index contributed by atoms with van der Waals surface area (Å²) in [4.78, 5) is 24.6. The van der Waals surface area contributed by atoms with Crippen molar-refractivity contribution in [3.63, 3.8) is 0 Å². The second kappa shape index (κ2) is 4.58. The van der Waals surface area contributed by atoms with Crippen molar-refractivity contribution in [2.24, 2.45) is 5.41 Å². The highest BCUT2D eigenvalue weighted by Gasteiger charge is 2.51. The Kier molecular flexibility index (Phi) is 3.44. The van der Waals surface area contributed by atoms with E-state index in [1.807, 2.05) is 0 Å². The molecule has 20 heavy (non-hydrogen) atoms. The second-order valence-electron chi connectivity index (χ2n) is 6.28. The van der Waals surface area contributed by atoms with Crippen LogP contribution in [0.3, 0.4) is 0 Å². The first-order valence-electron chi connectivity index (χ1n) is 6.43. The van der Waals surface area contributed by atoms with Gasteiger partial charge in [-0.15, -0.1) is 0 Å². The zero-order chi connectivity index (χ0) is 15.3. The number of carbonyl (C=O) groups excluding carboxylic acids is 2. The number of Topliss-reactive ketones (excluding diaryl/α,β-unsaturated/α-hetero) is 1. The molecule has 1 fully saturated rings. The highest BCUT2D eigenvalue weighted by Crippen LogP contribution is 2.36. The fourth-order valence-electron chi connectivity index (χ4n) is 2.13. The first-order chi connectivity index (χ1) is 9.04. The Morgan fingerprint density at radius 1 is 1.40 bits per heavy atom. The van der Waals surface area contributed by atoms with Gasteiger partial charge in [-0.25, -0.2) is 8.42 Å². The van der Waals surface area contributed by atoms with E-state index in [1.54, 1.807) is 27.7 Å². The minimum Gasteiger partial charge on any atom is -0.471 e. The number of ether oxygens (including phenoxy) is 1. The Morgan fingerprint density at radius 2 is 2.00 bits per heavy atom. The lowest BCUT2D eigenvalue weighted by Crippen LogP contribution is -2.59. The highest BCUT2D eigenvalue weighted by molar-refractivity contribution is 7.92. The molecule has 0 bridgehead atoms. The van der Waals surface area contributed by atoms with E-state index in [0.29, 0.717) is 5.57 Å². The van der Waals surface area contributed by atoms with Gasteiger partial charge in [-0.3, -0.25) is 14.5 Å². The van der Waals surface area contributed by atoms with E-state index >= 15 is 0 Å². The van der Waals surface area contributed by atoms with Gasteiger partial charge in [0, 0.05) is 11.0 Å². The van der Waals surface area contributed by atoms with Crippen LogP contribution < -0.4 is 0 Å². The quantitative estimate of drug-likeness (QED) is 0.721. The van der Waals surface area contributed by atoms with E-state index < -0.39 is 20.6 Å². The summed E-state index contributed by atoms with van der Waals surface area (Å²) in [6, 6.07) is 0. The molecule has 0 saturated carbocycles. The molecule has 0 radical (unpaired) electrons. The largest absolute Gasteiger partial charge is 0.471 e. The minimum atomic E-state index is -3.32. The van der Waals surface area contributed by atoms with Crippen molar-refractivity contribution in [3.8, 4) is 0 Å². The van der Waals surface area contributed by atoms with Crippen LogP contribution in [0.2, 0.25) is 0 Å². The topological polar surface area (TPSA) is 80.8 Å². The second-order valence-corrected chi connectivity index (χ2v) is 8.44. The Hall–Kier alpha value is -1.37. The fourth-order valence-corrected chi connectivity index (χ4v) is 3.98. The van der Waals surface area contributed by atoms with Gasteiger partial charge in [-0.2, -0.15) is 0 Å². The van der Waals surface area contributed by atoms with Gasteiger partial charge < -0.3 is 4.74 Å². The summed E-state index contributed by atoms with van der Waals surface area (Å²) in [5.74, 6) is -0.272. The summed E-state index contributed by atoms with van der Waals surface area (Å²) in [6.45, 7) is 6.79. The van der Waals surface area contributed by atoms with Crippen molar-refractivity contribution in [1.82, 2.24) is 4.90 Å². The molecule has 2 rings (SSSR count). The molecular weight excluding hydrogens is 282 g/mol. The number of fused-ring (bicyclic) bond motifs is 1. The number of carbonyl (C=O) groups is 2. The third-order valence-electron chi connectivity index (χ3n) is 3.50. The molecule has 1 atom stereocenters. The molecule has 0 spiro atoms. The molecule has 0 N–H and O–H groups in total. The molecule has 2 aliphatic heterocycles. The SMILES string of the molecule is CC1=C(OCC(=O)C(C)(C)C)N2C(=O)C[C@H]2S(=O)(=O)C1. The number of sulfone groups is 1. The molecule has 0 aliphatic carbocycles.